The van der Waals surface area contributed by atoms with Crippen LogP contribution in [0.2, 0.25) is 0 Å². The monoisotopic (exact) mass is 414 g/mol. The second-order valence-corrected chi connectivity index (χ2v) is 6.83. The Morgan fingerprint density at radius 1 is 1.23 bits per heavy atom. The van der Waals surface area contributed by atoms with Crippen LogP contribution >= 0.6 is 0 Å². The minimum Gasteiger partial charge on any atom is -0.395 e. The summed E-state index contributed by atoms with van der Waals surface area (Å²) < 4.78 is 7.42. The molecule has 0 aliphatic heterocycles. The standard InChI is InChI=1S/C20H30N8O2/c1-4-30-10-8-28-19-18(15(27-28)12-21-3)24-17(13-22-7-9-29)26-20(19)25-16-11-14(2)5-6-23-16/h5-6,11,21-22,29H,4,7-10,12-13H2,1-3H3,(H,23,24,25,26). The summed E-state index contributed by atoms with van der Waals surface area (Å²) in [4.78, 5) is 13.9. The normalized spacial score (nSPS) is 11.3. The van der Waals surface area contributed by atoms with Gasteiger partial charge in [0, 0.05) is 25.9 Å². The molecule has 0 amide bonds. The Hall–Kier alpha value is -2.66. The molecule has 10 nitrogen and oxygen atoms in total. The topological polar surface area (TPSA) is 122 Å². The van der Waals surface area contributed by atoms with E-state index in [-0.39, 0.29) is 6.61 Å². The van der Waals surface area contributed by atoms with Crippen LogP contribution in [0.5, 0.6) is 0 Å². The molecule has 162 valence electrons. The number of hydrogen-bond donors (Lipinski definition) is 4. The first kappa shape index (κ1) is 22.0. The Balaban J connectivity index is 2.07. The van der Waals surface area contributed by atoms with Crippen molar-refractivity contribution < 1.29 is 9.84 Å². The first-order valence-electron chi connectivity index (χ1n) is 10.2. The van der Waals surface area contributed by atoms with Crippen molar-refractivity contribution >= 4 is 22.7 Å². The van der Waals surface area contributed by atoms with Crippen LogP contribution in [0, 0.1) is 6.92 Å². The predicted octanol–water partition coefficient (Wildman–Crippen LogP) is 1.11. The molecular formula is C20H30N8O2. The highest BCUT2D eigenvalue weighted by molar-refractivity contribution is 5.89. The number of aryl methyl sites for hydroxylation is 1. The van der Waals surface area contributed by atoms with E-state index in [1.165, 1.54) is 0 Å². The van der Waals surface area contributed by atoms with Crippen molar-refractivity contribution in [1.29, 1.82) is 0 Å². The zero-order valence-electron chi connectivity index (χ0n) is 17.8. The van der Waals surface area contributed by atoms with Crippen molar-refractivity contribution in [3.8, 4) is 0 Å². The molecule has 4 N–H and O–H groups in total. The van der Waals surface area contributed by atoms with Crippen LogP contribution in [0.1, 0.15) is 24.0 Å². The summed E-state index contributed by atoms with van der Waals surface area (Å²) in [7, 11) is 1.88. The van der Waals surface area contributed by atoms with E-state index in [4.69, 9.17) is 24.9 Å². The lowest BCUT2D eigenvalue weighted by molar-refractivity contribution is 0.137. The van der Waals surface area contributed by atoms with E-state index in [9.17, 15) is 0 Å². The van der Waals surface area contributed by atoms with E-state index >= 15 is 0 Å². The lowest BCUT2D eigenvalue weighted by Crippen LogP contribution is -2.19. The lowest BCUT2D eigenvalue weighted by Gasteiger charge is -2.11. The molecule has 0 saturated heterocycles. The number of anilines is 2. The molecule has 30 heavy (non-hydrogen) atoms. The fourth-order valence-corrected chi connectivity index (χ4v) is 3.10. The van der Waals surface area contributed by atoms with Crippen LogP contribution in [0.4, 0.5) is 11.6 Å². The Labute approximate surface area is 176 Å². The summed E-state index contributed by atoms with van der Waals surface area (Å²) in [5, 5.41) is 23.4. The molecule has 0 radical (unpaired) electrons. The molecule has 3 heterocycles. The molecule has 0 saturated carbocycles. The van der Waals surface area contributed by atoms with Gasteiger partial charge in [-0.05, 0) is 38.6 Å². The van der Waals surface area contributed by atoms with Gasteiger partial charge in [-0.2, -0.15) is 5.10 Å². The van der Waals surface area contributed by atoms with Crippen LogP contribution < -0.4 is 16.0 Å². The predicted molar refractivity (Wildman–Crippen MR) is 116 cm³/mol. The smallest absolute Gasteiger partial charge is 0.161 e. The Bertz CT molecular complexity index is 959. The molecule has 0 bridgehead atoms. The third kappa shape index (κ3) is 5.48. The summed E-state index contributed by atoms with van der Waals surface area (Å²) in [6, 6.07) is 3.91. The number of fused-ring (bicyclic) bond motifs is 1. The summed E-state index contributed by atoms with van der Waals surface area (Å²) >= 11 is 0. The molecule has 0 aliphatic carbocycles. The van der Waals surface area contributed by atoms with E-state index in [1.54, 1.807) is 6.20 Å². The second kappa shape index (κ2) is 10.9. The first-order chi connectivity index (χ1) is 14.7. The van der Waals surface area contributed by atoms with Gasteiger partial charge in [-0.3, -0.25) is 4.68 Å². The zero-order chi connectivity index (χ0) is 21.3. The van der Waals surface area contributed by atoms with Crippen molar-refractivity contribution in [2.45, 2.75) is 33.5 Å². The van der Waals surface area contributed by atoms with Gasteiger partial charge in [0.1, 0.15) is 28.4 Å². The highest BCUT2D eigenvalue weighted by atomic mass is 16.5. The largest absolute Gasteiger partial charge is 0.395 e. The highest BCUT2D eigenvalue weighted by Gasteiger charge is 2.19. The molecule has 0 spiro atoms. The maximum Gasteiger partial charge on any atom is 0.161 e. The SMILES string of the molecule is CCOCCn1nc(CNC)c2nc(CNCCO)nc(Nc3cc(C)ccn3)c21. The van der Waals surface area contributed by atoms with Gasteiger partial charge in [0.2, 0.25) is 0 Å². The van der Waals surface area contributed by atoms with E-state index in [0.717, 1.165) is 22.3 Å². The van der Waals surface area contributed by atoms with Gasteiger partial charge in [0.15, 0.2) is 5.82 Å². The fraction of sp³-hybridized carbons (Fsp3) is 0.500. The summed E-state index contributed by atoms with van der Waals surface area (Å²) in [5.41, 5.74) is 3.54. The van der Waals surface area contributed by atoms with Crippen LogP contribution in [-0.4, -0.2) is 63.3 Å². The Morgan fingerprint density at radius 2 is 2.10 bits per heavy atom. The number of aliphatic hydroxyl groups excluding tert-OH is 1. The van der Waals surface area contributed by atoms with E-state index in [1.807, 2.05) is 37.7 Å². The average Bonchev–Trinajstić information content (AvgIpc) is 3.07. The van der Waals surface area contributed by atoms with Crippen LogP contribution in [0.3, 0.4) is 0 Å². The second-order valence-electron chi connectivity index (χ2n) is 6.83. The molecule has 3 aromatic rings. The van der Waals surface area contributed by atoms with Crippen molar-refractivity contribution in [1.82, 2.24) is 35.4 Å². The maximum atomic E-state index is 9.05. The van der Waals surface area contributed by atoms with Crippen LogP contribution in [0.25, 0.3) is 11.0 Å². The minimum absolute atomic E-state index is 0.0565. The number of aliphatic hydroxyl groups is 1. The number of rotatable bonds is 12. The van der Waals surface area contributed by atoms with Gasteiger partial charge in [-0.1, -0.05) is 0 Å². The molecule has 3 aromatic heterocycles. The van der Waals surface area contributed by atoms with Crippen molar-refractivity contribution in [2.75, 3.05) is 38.7 Å². The van der Waals surface area contributed by atoms with E-state index in [2.05, 4.69) is 20.9 Å². The number of nitrogens with zero attached hydrogens (tertiary/aromatic N) is 5. The summed E-state index contributed by atoms with van der Waals surface area (Å²) in [6.07, 6.45) is 1.76. The lowest BCUT2D eigenvalue weighted by atomic mass is 10.3. The van der Waals surface area contributed by atoms with Crippen molar-refractivity contribution in [3.05, 3.63) is 35.4 Å². The van der Waals surface area contributed by atoms with Gasteiger partial charge in [-0.25, -0.2) is 15.0 Å². The van der Waals surface area contributed by atoms with Crippen LogP contribution in [0.15, 0.2) is 18.3 Å². The van der Waals surface area contributed by atoms with Gasteiger partial charge in [0.25, 0.3) is 0 Å². The van der Waals surface area contributed by atoms with E-state index in [0.29, 0.717) is 56.9 Å². The van der Waals surface area contributed by atoms with Crippen molar-refractivity contribution in [3.63, 3.8) is 0 Å². The average molecular weight is 415 g/mol. The number of nitrogens with one attached hydrogen (secondary N) is 3. The summed E-state index contributed by atoms with van der Waals surface area (Å²) in [5.74, 6) is 1.97. The van der Waals surface area contributed by atoms with Gasteiger partial charge < -0.3 is 25.8 Å². The Morgan fingerprint density at radius 3 is 2.83 bits per heavy atom. The maximum absolute atomic E-state index is 9.05. The molecule has 0 aromatic carbocycles. The third-order valence-electron chi connectivity index (χ3n) is 4.43. The van der Waals surface area contributed by atoms with Gasteiger partial charge in [0.05, 0.1) is 26.3 Å². The summed E-state index contributed by atoms with van der Waals surface area (Å²) in [6.45, 7) is 7.34. The van der Waals surface area contributed by atoms with Crippen molar-refractivity contribution in [2.24, 2.45) is 0 Å². The van der Waals surface area contributed by atoms with Gasteiger partial charge >= 0.3 is 0 Å². The molecule has 3 rings (SSSR count). The number of pyridine rings is 1. The number of ether oxygens (including phenoxy) is 1. The fourth-order valence-electron chi connectivity index (χ4n) is 3.10. The minimum atomic E-state index is 0.0565. The first-order valence-corrected chi connectivity index (χ1v) is 10.2. The third-order valence-corrected chi connectivity index (χ3v) is 4.43. The van der Waals surface area contributed by atoms with E-state index < -0.39 is 0 Å². The quantitative estimate of drug-likeness (QED) is 0.323. The molecule has 0 unspecified atom stereocenters. The molecule has 0 aliphatic rings. The Kier molecular flexibility index (Phi) is 8.03. The molecule has 0 fully saturated rings. The number of hydrogen-bond acceptors (Lipinski definition) is 9. The molecular weight excluding hydrogens is 384 g/mol. The van der Waals surface area contributed by atoms with Crippen LogP contribution in [-0.2, 0) is 24.4 Å². The van der Waals surface area contributed by atoms with Gasteiger partial charge in [-0.15, -0.1) is 0 Å². The zero-order valence-corrected chi connectivity index (χ0v) is 17.8. The molecule has 0 atom stereocenters. The molecule has 10 heteroatoms. The highest BCUT2D eigenvalue weighted by Crippen LogP contribution is 2.26. The number of aromatic nitrogens is 5.